The van der Waals surface area contributed by atoms with Crippen LogP contribution in [0.2, 0.25) is 0 Å². The lowest BCUT2D eigenvalue weighted by atomic mass is 9.57. The van der Waals surface area contributed by atoms with Crippen LogP contribution in [0.5, 0.6) is 0 Å². The minimum atomic E-state index is -0.175. The van der Waals surface area contributed by atoms with Gasteiger partial charge in [-0.3, -0.25) is 0 Å². The molecule has 0 bridgehead atoms. The van der Waals surface area contributed by atoms with Crippen LogP contribution in [-0.4, -0.2) is 0 Å². The van der Waals surface area contributed by atoms with Crippen molar-refractivity contribution in [2.45, 2.75) is 217 Å². The lowest BCUT2D eigenvalue weighted by molar-refractivity contribution is 0.0401. The van der Waals surface area contributed by atoms with Crippen LogP contribution in [0.3, 0.4) is 0 Å². The molecule has 16 rings (SSSR count). The fourth-order valence-electron chi connectivity index (χ4n) is 20.9. The normalized spacial score (nSPS) is 22.3. The third-order valence-electron chi connectivity index (χ3n) is 26.7. The summed E-state index contributed by atoms with van der Waals surface area (Å²) in [7, 11) is 0. The van der Waals surface area contributed by atoms with Gasteiger partial charge in [-0.2, -0.15) is 0 Å². The zero-order chi connectivity index (χ0) is 68.0. The molecule has 7 atom stereocenters. The number of rotatable bonds is 4. The Balaban J connectivity index is 0.995. The molecule has 96 heavy (non-hydrogen) atoms. The quantitative estimate of drug-likeness (QED) is 0.154. The third kappa shape index (κ3) is 9.44. The van der Waals surface area contributed by atoms with Crippen LogP contribution in [0.25, 0.3) is 120 Å². The average molecular weight is 1260 g/mol. The Morgan fingerprint density at radius 3 is 1.45 bits per heavy atom. The van der Waals surface area contributed by atoms with E-state index in [9.17, 15) is 0 Å². The summed E-state index contributed by atoms with van der Waals surface area (Å²) in [6, 6.07) is 62.7. The Kier molecular flexibility index (Phi) is 13.8. The van der Waals surface area contributed by atoms with E-state index >= 15 is 0 Å². The topological polar surface area (TPSA) is 0 Å². The fourth-order valence-corrected chi connectivity index (χ4v) is 20.9. The van der Waals surface area contributed by atoms with Crippen molar-refractivity contribution in [3.8, 4) is 44.5 Å². The van der Waals surface area contributed by atoms with E-state index in [1.165, 1.54) is 185 Å². The van der Waals surface area contributed by atoms with E-state index in [4.69, 9.17) is 0 Å². The van der Waals surface area contributed by atoms with Crippen LogP contribution >= 0.6 is 0 Å². The van der Waals surface area contributed by atoms with Crippen LogP contribution in [0, 0.1) is 51.8 Å². The Labute approximate surface area is 576 Å². The lowest BCUT2D eigenvalue weighted by Gasteiger charge is -2.48. The molecule has 0 N–H and O–H groups in total. The first-order chi connectivity index (χ1) is 44.9. The lowest BCUT2D eigenvalue weighted by Crippen LogP contribution is -2.39. The van der Waals surface area contributed by atoms with Crippen LogP contribution in [-0.2, 0) is 27.1 Å². The Morgan fingerprint density at radius 1 is 0.323 bits per heavy atom. The second-order valence-corrected chi connectivity index (χ2v) is 39.0. The molecule has 4 aliphatic rings. The molecule has 0 heteroatoms. The highest BCUT2D eigenvalue weighted by Gasteiger charge is 2.61. The molecule has 492 valence electrons. The molecular weight excluding hydrogens is 1150 g/mol. The van der Waals surface area contributed by atoms with Crippen molar-refractivity contribution in [2.75, 3.05) is 0 Å². The molecule has 0 heterocycles. The van der Waals surface area contributed by atoms with Crippen molar-refractivity contribution in [1.82, 2.24) is 0 Å². The van der Waals surface area contributed by atoms with E-state index < -0.39 is 0 Å². The van der Waals surface area contributed by atoms with Crippen LogP contribution in [0.1, 0.15) is 229 Å². The summed E-state index contributed by atoms with van der Waals surface area (Å²) in [5.41, 5.74) is 21.4. The Morgan fingerprint density at radius 2 is 0.833 bits per heavy atom. The number of hydrogen-bond donors (Lipinski definition) is 0. The van der Waals surface area contributed by atoms with Gasteiger partial charge in [-0.25, -0.2) is 0 Å². The van der Waals surface area contributed by atoms with E-state index in [0.717, 1.165) is 29.6 Å². The molecule has 0 saturated heterocycles. The Bertz CT molecular complexity index is 5140. The van der Waals surface area contributed by atoms with Gasteiger partial charge in [0.1, 0.15) is 0 Å². The van der Waals surface area contributed by atoms with Gasteiger partial charge in [0.2, 0.25) is 0 Å². The summed E-state index contributed by atoms with van der Waals surface area (Å²) in [6.45, 7) is 54.0. The molecule has 0 nitrogen and oxygen atoms in total. The Hall–Kier alpha value is -7.02. The monoisotopic (exact) mass is 1260 g/mol. The molecular formula is C96H108. The van der Waals surface area contributed by atoms with E-state index in [1.54, 1.807) is 5.56 Å². The van der Waals surface area contributed by atoms with Crippen molar-refractivity contribution in [3.63, 3.8) is 0 Å². The van der Waals surface area contributed by atoms with Gasteiger partial charge in [0.15, 0.2) is 0 Å². The van der Waals surface area contributed by atoms with E-state index in [0.29, 0.717) is 22.7 Å². The third-order valence-corrected chi connectivity index (χ3v) is 26.7. The molecule has 12 aromatic rings. The molecule has 12 aromatic carbocycles. The first-order valence-corrected chi connectivity index (χ1v) is 37.3. The molecule has 0 spiro atoms. The van der Waals surface area contributed by atoms with Gasteiger partial charge in [-0.1, -0.05) is 292 Å². The minimum Gasteiger partial charge on any atom is -0.0610 e. The van der Waals surface area contributed by atoms with Gasteiger partial charge in [0.05, 0.1) is 0 Å². The van der Waals surface area contributed by atoms with Crippen molar-refractivity contribution in [1.29, 1.82) is 0 Å². The summed E-state index contributed by atoms with van der Waals surface area (Å²) in [5.74, 6) is 5.05. The van der Waals surface area contributed by atoms with Crippen molar-refractivity contribution >= 4 is 75.4 Å². The minimum absolute atomic E-state index is 0.00636. The first-order valence-electron chi connectivity index (χ1n) is 37.3. The summed E-state index contributed by atoms with van der Waals surface area (Å²) in [5, 5.41) is 19.2. The van der Waals surface area contributed by atoms with Gasteiger partial charge in [-0.05, 0) is 282 Å². The maximum atomic E-state index is 2.75. The standard InChI is InChI=1S/C96H108/c1-89(2,3)56-34-29-53(30-35-56)80-75-52-74-63-40-33-55(71-46-60(93(13,14)15)50-78-84(71)66-41-38-58(91(7,8)9)48-76(66)95(78,19)20)45-72(63)65-26-24-27-68(83(65)74)86(75)81(54-31-36-57(37-32-54)90(4,5)6)88-69-28-23-25-64-62(43-44-70(82(64)69)87(80)88)73-47-61(94(16,17)18)51-79-85(73)67-42-39-59(92(10,11)12)49-77(67)96(79,21)22/h23-37,39-40,42-45,47,49,51-52,58,60,66,71,76,78,84H,38,41,46,48,50H2,1-22H3. The second-order valence-electron chi connectivity index (χ2n) is 39.0. The molecule has 0 aliphatic heterocycles. The van der Waals surface area contributed by atoms with Crippen molar-refractivity contribution < 1.29 is 0 Å². The van der Waals surface area contributed by atoms with Gasteiger partial charge in [0, 0.05) is 5.41 Å². The van der Waals surface area contributed by atoms with Crippen molar-refractivity contribution in [2.24, 2.45) is 51.8 Å². The van der Waals surface area contributed by atoms with Crippen molar-refractivity contribution in [3.05, 3.63) is 191 Å². The maximum absolute atomic E-state index is 2.75. The van der Waals surface area contributed by atoms with Gasteiger partial charge >= 0.3 is 0 Å². The predicted molar refractivity (Wildman–Crippen MR) is 419 cm³/mol. The van der Waals surface area contributed by atoms with Crippen LogP contribution < -0.4 is 0 Å². The fraction of sp³-hybridized carbons (Fsp3) is 0.438. The molecule has 0 radical (unpaired) electrons. The SMILES string of the molecule is CC(C)(C)c1ccc(-c2c3cc4c5ccc(C6CC(C(C)(C)C)CC7C6C6CCC(C(C)(C)C)CC6C7(C)C)cc5c5cccc(c3c(-c3ccc(C(C)(C)C)cc3)c3c6cccc7c(-c8cc(C(C)(C)C)cc9c8-c8ccc(C(C)(C)C)cc8C9(C)C)ccc(c23)c76)c54)cc1. The van der Waals surface area contributed by atoms with E-state index in [2.05, 4.69) is 304 Å². The van der Waals surface area contributed by atoms with Gasteiger partial charge in [-0.15, -0.1) is 0 Å². The molecule has 4 aliphatic carbocycles. The molecule has 3 saturated carbocycles. The van der Waals surface area contributed by atoms with Gasteiger partial charge in [0.25, 0.3) is 0 Å². The number of benzene rings is 10. The van der Waals surface area contributed by atoms with Gasteiger partial charge < -0.3 is 0 Å². The number of hydrogen-bond acceptors (Lipinski definition) is 0. The van der Waals surface area contributed by atoms with E-state index in [-0.39, 0.29) is 32.5 Å². The molecule has 3 fully saturated rings. The molecule has 0 amide bonds. The second kappa shape index (κ2) is 20.8. The highest BCUT2D eigenvalue weighted by atomic mass is 14.7. The predicted octanol–water partition coefficient (Wildman–Crippen LogP) is 28.0. The summed E-state index contributed by atoms with van der Waals surface area (Å²) >= 11 is 0. The summed E-state index contributed by atoms with van der Waals surface area (Å²) in [4.78, 5) is 0. The van der Waals surface area contributed by atoms with Crippen LogP contribution in [0.4, 0.5) is 0 Å². The summed E-state index contributed by atoms with van der Waals surface area (Å²) < 4.78 is 0. The largest absolute Gasteiger partial charge is 0.0610 e. The summed E-state index contributed by atoms with van der Waals surface area (Å²) in [6.07, 6.45) is 6.83. The zero-order valence-corrected chi connectivity index (χ0v) is 62.5. The molecule has 7 unspecified atom stereocenters. The average Bonchev–Trinajstić information content (AvgIpc) is 1.48. The smallest absolute Gasteiger partial charge is 0.0159 e. The number of fused-ring (bicyclic) bond motifs is 14. The zero-order valence-electron chi connectivity index (χ0n) is 62.5. The first kappa shape index (κ1) is 63.7. The molecule has 0 aromatic heterocycles. The van der Waals surface area contributed by atoms with E-state index in [1.807, 2.05) is 0 Å². The highest BCUT2D eigenvalue weighted by Crippen LogP contribution is 2.70. The highest BCUT2D eigenvalue weighted by molar-refractivity contribution is 6.45. The van der Waals surface area contributed by atoms with Crippen LogP contribution in [0.15, 0.2) is 152 Å². The maximum Gasteiger partial charge on any atom is 0.0159 e.